The molecular weight excluding hydrogens is 377 g/mol. The molecular formula is C14H6F2N2S2Se. The second-order valence-corrected chi connectivity index (χ2v) is 7.30. The van der Waals surface area contributed by atoms with Crippen molar-refractivity contribution in [2.24, 2.45) is 0 Å². The second-order valence-electron chi connectivity index (χ2n) is 4.29. The molecule has 0 aliphatic carbocycles. The summed E-state index contributed by atoms with van der Waals surface area (Å²) in [5.41, 5.74) is 1.45. The Bertz CT molecular complexity index is 840. The molecule has 0 amide bonds. The van der Waals surface area contributed by atoms with Gasteiger partial charge in [-0.25, -0.2) is 0 Å². The van der Waals surface area contributed by atoms with E-state index in [1.807, 2.05) is 22.9 Å². The first-order chi connectivity index (χ1) is 10.3. The summed E-state index contributed by atoms with van der Waals surface area (Å²) in [4.78, 5) is 1.36. The normalized spacial score (nSPS) is 11.3. The van der Waals surface area contributed by atoms with Crippen molar-refractivity contribution >= 4 is 48.7 Å². The van der Waals surface area contributed by atoms with Crippen LogP contribution < -0.4 is 0 Å². The summed E-state index contributed by atoms with van der Waals surface area (Å²) in [5, 5.41) is 3.67. The first kappa shape index (κ1) is 13.3. The maximum absolute atomic E-state index is 14.6. The van der Waals surface area contributed by atoms with Gasteiger partial charge in [-0.2, -0.15) is 0 Å². The fourth-order valence-electron chi connectivity index (χ4n) is 2.24. The van der Waals surface area contributed by atoms with Crippen LogP contribution in [0.15, 0.2) is 35.0 Å². The van der Waals surface area contributed by atoms with Gasteiger partial charge in [0.2, 0.25) is 0 Å². The van der Waals surface area contributed by atoms with Crippen LogP contribution in [0.3, 0.4) is 0 Å². The molecule has 0 fully saturated rings. The maximum atomic E-state index is 14.6. The van der Waals surface area contributed by atoms with Gasteiger partial charge in [0, 0.05) is 0 Å². The molecule has 0 spiro atoms. The average Bonchev–Trinajstić information content (AvgIpc) is 3.21. The van der Waals surface area contributed by atoms with E-state index in [4.69, 9.17) is 0 Å². The van der Waals surface area contributed by atoms with Gasteiger partial charge in [-0.3, -0.25) is 0 Å². The Hall–Kier alpha value is -1.40. The molecule has 104 valence electrons. The van der Waals surface area contributed by atoms with Crippen LogP contribution in [0.2, 0.25) is 0 Å². The Morgan fingerprint density at radius 3 is 1.67 bits per heavy atom. The van der Waals surface area contributed by atoms with E-state index in [1.165, 1.54) is 22.7 Å². The zero-order valence-corrected chi connectivity index (χ0v) is 13.7. The van der Waals surface area contributed by atoms with Gasteiger partial charge in [0.05, 0.1) is 0 Å². The molecule has 7 heteroatoms. The van der Waals surface area contributed by atoms with Crippen LogP contribution in [0.4, 0.5) is 8.78 Å². The van der Waals surface area contributed by atoms with Crippen molar-refractivity contribution in [3.8, 4) is 20.9 Å². The SMILES string of the molecule is Fc1c(F)c(-c2cccs2)c2n[se]nc2c1-c1cccs1. The number of benzene rings is 1. The number of hydrogen-bond donors (Lipinski definition) is 0. The minimum absolute atomic E-state index is 0.237. The molecule has 0 saturated carbocycles. The first-order valence-electron chi connectivity index (χ1n) is 5.98. The number of nitrogens with zero attached hydrogens (tertiary/aromatic N) is 2. The third-order valence-corrected chi connectivity index (χ3v) is 6.01. The first-order valence-corrected chi connectivity index (χ1v) is 9.27. The second kappa shape index (κ2) is 5.10. The molecule has 0 atom stereocenters. The van der Waals surface area contributed by atoms with Gasteiger partial charge < -0.3 is 0 Å². The molecule has 21 heavy (non-hydrogen) atoms. The zero-order chi connectivity index (χ0) is 14.4. The molecule has 0 saturated heterocycles. The number of hydrogen-bond acceptors (Lipinski definition) is 4. The van der Waals surface area contributed by atoms with Crippen LogP contribution in [0.5, 0.6) is 0 Å². The van der Waals surface area contributed by atoms with E-state index < -0.39 is 11.6 Å². The average molecular weight is 383 g/mol. The van der Waals surface area contributed by atoms with Crippen LogP contribution in [0.25, 0.3) is 31.9 Å². The van der Waals surface area contributed by atoms with E-state index in [0.29, 0.717) is 20.8 Å². The number of rotatable bonds is 2. The summed E-state index contributed by atoms with van der Waals surface area (Å²) in [7, 11) is 0. The molecule has 2 nitrogen and oxygen atoms in total. The van der Waals surface area contributed by atoms with Crippen LogP contribution >= 0.6 is 22.7 Å². The monoisotopic (exact) mass is 384 g/mol. The van der Waals surface area contributed by atoms with Gasteiger partial charge in [-0.15, -0.1) is 0 Å². The number of aromatic nitrogens is 2. The molecule has 0 N–H and O–H groups in total. The number of halogens is 2. The van der Waals surface area contributed by atoms with Gasteiger partial charge in [0.15, 0.2) is 0 Å². The van der Waals surface area contributed by atoms with E-state index in [0.717, 1.165) is 0 Å². The quantitative estimate of drug-likeness (QED) is 0.479. The third kappa shape index (κ3) is 2.00. The number of fused-ring (bicyclic) bond motifs is 1. The Morgan fingerprint density at radius 2 is 1.29 bits per heavy atom. The van der Waals surface area contributed by atoms with Gasteiger partial charge in [-0.05, 0) is 0 Å². The summed E-state index contributed by atoms with van der Waals surface area (Å²) in [6, 6.07) is 7.17. The van der Waals surface area contributed by atoms with E-state index in [9.17, 15) is 8.78 Å². The third-order valence-electron chi connectivity index (χ3n) is 3.13. The minimum atomic E-state index is -0.837. The summed E-state index contributed by atoms with van der Waals surface area (Å²) < 4.78 is 37.9. The standard InChI is InChI=1S/C14H6F2N2S2Se/c15-11-9(7-3-1-5-19-7)13-14(18-21-17-13)10(12(11)16)8-4-2-6-20-8/h1-6H. The fourth-order valence-corrected chi connectivity index (χ4v) is 4.94. The van der Waals surface area contributed by atoms with Crippen molar-refractivity contribution in [3.05, 3.63) is 46.7 Å². The van der Waals surface area contributed by atoms with Crippen molar-refractivity contribution in [1.29, 1.82) is 0 Å². The van der Waals surface area contributed by atoms with Crippen molar-refractivity contribution in [1.82, 2.24) is 7.96 Å². The predicted molar refractivity (Wildman–Crippen MR) is 83.0 cm³/mol. The van der Waals surface area contributed by atoms with Crippen LogP contribution in [0, 0.1) is 11.6 Å². The van der Waals surface area contributed by atoms with Crippen LogP contribution in [-0.4, -0.2) is 22.9 Å². The summed E-state index contributed by atoms with van der Waals surface area (Å²) in [5.74, 6) is -1.67. The van der Waals surface area contributed by atoms with Crippen LogP contribution in [-0.2, 0) is 0 Å². The predicted octanol–water partition coefficient (Wildman–Crippen LogP) is 4.42. The van der Waals surface area contributed by atoms with E-state index in [-0.39, 0.29) is 26.1 Å². The molecule has 0 aliphatic rings. The zero-order valence-electron chi connectivity index (χ0n) is 10.3. The van der Waals surface area contributed by atoms with Crippen LogP contribution in [0.1, 0.15) is 0 Å². The summed E-state index contributed by atoms with van der Waals surface area (Å²) in [6.45, 7) is 0. The summed E-state index contributed by atoms with van der Waals surface area (Å²) in [6.07, 6.45) is 0. The van der Waals surface area contributed by atoms with Gasteiger partial charge in [0.25, 0.3) is 0 Å². The Kier molecular flexibility index (Phi) is 3.23. The molecule has 1 aromatic carbocycles. The molecule has 4 rings (SSSR count). The van der Waals surface area contributed by atoms with Crippen molar-refractivity contribution in [2.75, 3.05) is 0 Å². The van der Waals surface area contributed by atoms with Gasteiger partial charge in [-0.1, -0.05) is 0 Å². The van der Waals surface area contributed by atoms with Crippen molar-refractivity contribution < 1.29 is 8.78 Å². The Morgan fingerprint density at radius 1 is 0.810 bits per heavy atom. The van der Waals surface area contributed by atoms with E-state index >= 15 is 0 Å². The Balaban J connectivity index is 2.14. The van der Waals surface area contributed by atoms with Crippen molar-refractivity contribution in [2.45, 2.75) is 0 Å². The van der Waals surface area contributed by atoms with E-state index in [1.54, 1.807) is 12.1 Å². The molecule has 0 bridgehead atoms. The topological polar surface area (TPSA) is 25.8 Å². The molecule has 0 aliphatic heterocycles. The fraction of sp³-hybridized carbons (Fsp3) is 0. The molecule has 0 radical (unpaired) electrons. The van der Waals surface area contributed by atoms with Crippen molar-refractivity contribution in [3.63, 3.8) is 0 Å². The number of thiophene rings is 2. The molecule has 0 unspecified atom stereocenters. The molecule has 3 aromatic heterocycles. The van der Waals surface area contributed by atoms with Gasteiger partial charge >= 0.3 is 133 Å². The Labute approximate surface area is 132 Å². The molecule has 3 heterocycles. The summed E-state index contributed by atoms with van der Waals surface area (Å²) >= 11 is 2.39. The van der Waals surface area contributed by atoms with E-state index in [2.05, 4.69) is 7.96 Å². The molecule has 4 aromatic rings. The van der Waals surface area contributed by atoms with Gasteiger partial charge in [0.1, 0.15) is 0 Å².